The van der Waals surface area contributed by atoms with Crippen LogP contribution in [0.1, 0.15) is 51.4 Å². The minimum absolute atomic E-state index is 0.0315. The predicted molar refractivity (Wildman–Crippen MR) is 68.9 cm³/mol. The number of hydrogen-bond acceptors (Lipinski definition) is 2. The lowest BCUT2D eigenvalue weighted by Gasteiger charge is -2.31. The molecule has 0 radical (unpaired) electrons. The molecule has 0 aromatic heterocycles. The van der Waals surface area contributed by atoms with Crippen LogP contribution in [0.3, 0.4) is 0 Å². The van der Waals surface area contributed by atoms with Gasteiger partial charge in [-0.1, -0.05) is 12.8 Å². The Morgan fingerprint density at radius 3 is 1.94 bits per heavy atom. The van der Waals surface area contributed by atoms with Crippen LogP contribution in [-0.4, -0.2) is 30.8 Å². The quantitative estimate of drug-likeness (QED) is 0.632. The highest BCUT2D eigenvalue weighted by Crippen LogP contribution is 2.40. The highest BCUT2D eigenvalue weighted by Gasteiger charge is 2.38. The summed E-state index contributed by atoms with van der Waals surface area (Å²) in [5, 5.41) is 0. The van der Waals surface area contributed by atoms with Crippen molar-refractivity contribution in [3.63, 3.8) is 0 Å². The van der Waals surface area contributed by atoms with Gasteiger partial charge < -0.3 is 9.69 Å². The second-order valence-electron chi connectivity index (χ2n) is 6.77. The lowest BCUT2D eigenvalue weighted by Crippen LogP contribution is -2.39. The van der Waals surface area contributed by atoms with E-state index in [0.29, 0.717) is 0 Å². The summed E-state index contributed by atoms with van der Waals surface area (Å²) in [5.41, 5.74) is 0.0315. The van der Waals surface area contributed by atoms with Gasteiger partial charge in [0.1, 0.15) is 6.29 Å². The van der Waals surface area contributed by atoms with Gasteiger partial charge in [0.05, 0.1) is 0 Å². The molecule has 0 aromatic rings. The molecule has 0 aromatic carbocycles. The third-order valence-corrected chi connectivity index (χ3v) is 4.81. The molecule has 2 nitrogen and oxygen atoms in total. The molecule has 3 rings (SSSR count). The molecule has 3 fully saturated rings. The van der Waals surface area contributed by atoms with Gasteiger partial charge in [-0.25, -0.2) is 0 Å². The molecule has 0 amide bonds. The van der Waals surface area contributed by atoms with Gasteiger partial charge in [-0.3, -0.25) is 0 Å². The highest BCUT2D eigenvalue weighted by molar-refractivity contribution is 5.60. The maximum Gasteiger partial charge on any atom is 0.127 e. The Morgan fingerprint density at radius 1 is 1.00 bits per heavy atom. The molecule has 17 heavy (non-hydrogen) atoms. The Labute approximate surface area is 105 Å². The molecule has 0 unspecified atom stereocenters. The molecule has 0 aliphatic heterocycles. The molecule has 0 spiro atoms. The van der Waals surface area contributed by atoms with E-state index in [-0.39, 0.29) is 5.41 Å². The Kier molecular flexibility index (Phi) is 3.25. The SMILES string of the molecule is O=CC1(CN(CC2CC2)CC2CC2)CCCC1. The van der Waals surface area contributed by atoms with Crippen molar-refractivity contribution in [3.05, 3.63) is 0 Å². The summed E-state index contributed by atoms with van der Waals surface area (Å²) in [5.74, 6) is 1.91. The average molecular weight is 235 g/mol. The summed E-state index contributed by atoms with van der Waals surface area (Å²) >= 11 is 0. The zero-order chi connectivity index (χ0) is 11.7. The van der Waals surface area contributed by atoms with Gasteiger partial charge in [-0.05, 0) is 50.4 Å². The molecule has 0 heterocycles. The average Bonchev–Trinajstić information content (AvgIpc) is 3.23. The monoisotopic (exact) mass is 235 g/mol. The van der Waals surface area contributed by atoms with Gasteiger partial charge in [-0.15, -0.1) is 0 Å². The van der Waals surface area contributed by atoms with Gasteiger partial charge in [0.2, 0.25) is 0 Å². The van der Waals surface area contributed by atoms with Crippen LogP contribution in [0.2, 0.25) is 0 Å². The van der Waals surface area contributed by atoms with Crippen molar-refractivity contribution in [2.24, 2.45) is 17.3 Å². The van der Waals surface area contributed by atoms with Crippen LogP contribution in [0.25, 0.3) is 0 Å². The van der Waals surface area contributed by atoms with Gasteiger partial charge in [0.25, 0.3) is 0 Å². The molecule has 0 saturated heterocycles. The lowest BCUT2D eigenvalue weighted by molar-refractivity contribution is -0.117. The Balaban J connectivity index is 1.58. The summed E-state index contributed by atoms with van der Waals surface area (Å²) in [6, 6.07) is 0. The van der Waals surface area contributed by atoms with Crippen LogP contribution in [0, 0.1) is 17.3 Å². The van der Waals surface area contributed by atoms with Crippen molar-refractivity contribution < 1.29 is 4.79 Å². The van der Waals surface area contributed by atoms with Crippen molar-refractivity contribution in [2.75, 3.05) is 19.6 Å². The number of carbonyl (C=O) groups is 1. The number of rotatable bonds is 7. The first-order valence-electron chi connectivity index (χ1n) is 7.48. The normalized spacial score (nSPS) is 27.6. The Bertz CT molecular complexity index is 261. The highest BCUT2D eigenvalue weighted by atomic mass is 16.1. The molecule has 3 aliphatic rings. The number of carbonyl (C=O) groups excluding carboxylic acids is 1. The molecule has 96 valence electrons. The van der Waals surface area contributed by atoms with E-state index in [2.05, 4.69) is 4.90 Å². The fraction of sp³-hybridized carbons (Fsp3) is 0.933. The Hall–Kier alpha value is -0.370. The second-order valence-corrected chi connectivity index (χ2v) is 6.77. The number of hydrogen-bond donors (Lipinski definition) is 0. The zero-order valence-electron chi connectivity index (χ0n) is 10.9. The van der Waals surface area contributed by atoms with Crippen molar-refractivity contribution >= 4 is 6.29 Å². The van der Waals surface area contributed by atoms with E-state index in [9.17, 15) is 4.79 Å². The summed E-state index contributed by atoms with van der Waals surface area (Å²) in [6.07, 6.45) is 11.8. The van der Waals surface area contributed by atoms with Crippen LogP contribution in [0.15, 0.2) is 0 Å². The summed E-state index contributed by atoms with van der Waals surface area (Å²) in [7, 11) is 0. The van der Waals surface area contributed by atoms with Crippen LogP contribution < -0.4 is 0 Å². The van der Waals surface area contributed by atoms with E-state index >= 15 is 0 Å². The number of aldehydes is 1. The molecular formula is C15H25NO. The zero-order valence-corrected chi connectivity index (χ0v) is 10.9. The molecule has 3 saturated carbocycles. The van der Waals surface area contributed by atoms with Crippen LogP contribution in [-0.2, 0) is 4.79 Å². The topological polar surface area (TPSA) is 20.3 Å². The first-order valence-corrected chi connectivity index (χ1v) is 7.48. The fourth-order valence-electron chi connectivity index (χ4n) is 3.37. The van der Waals surface area contributed by atoms with E-state index in [1.165, 1.54) is 57.9 Å². The minimum atomic E-state index is 0.0315. The summed E-state index contributed by atoms with van der Waals surface area (Å²) < 4.78 is 0. The largest absolute Gasteiger partial charge is 0.303 e. The standard InChI is InChI=1S/C15H25NO/c17-12-15(7-1-2-8-15)11-16(9-13-3-4-13)10-14-5-6-14/h12-14H,1-11H2. The number of nitrogens with zero attached hydrogens (tertiary/aromatic N) is 1. The fourth-order valence-corrected chi connectivity index (χ4v) is 3.37. The van der Waals surface area contributed by atoms with E-state index < -0.39 is 0 Å². The molecule has 0 atom stereocenters. The lowest BCUT2D eigenvalue weighted by atomic mass is 9.87. The van der Waals surface area contributed by atoms with Crippen molar-refractivity contribution in [2.45, 2.75) is 51.4 Å². The van der Waals surface area contributed by atoms with Gasteiger partial charge in [0, 0.05) is 25.0 Å². The molecule has 0 N–H and O–H groups in total. The van der Waals surface area contributed by atoms with Gasteiger partial charge in [-0.2, -0.15) is 0 Å². The maximum atomic E-state index is 11.4. The first-order chi connectivity index (χ1) is 8.30. The molecule has 2 heteroatoms. The molecule has 0 bridgehead atoms. The van der Waals surface area contributed by atoms with Crippen molar-refractivity contribution in [3.8, 4) is 0 Å². The summed E-state index contributed by atoms with van der Waals surface area (Å²) in [6.45, 7) is 3.60. The van der Waals surface area contributed by atoms with Gasteiger partial charge >= 0.3 is 0 Å². The van der Waals surface area contributed by atoms with Gasteiger partial charge in [0.15, 0.2) is 0 Å². The van der Waals surface area contributed by atoms with E-state index in [4.69, 9.17) is 0 Å². The van der Waals surface area contributed by atoms with Crippen LogP contribution >= 0.6 is 0 Å². The second kappa shape index (κ2) is 4.72. The molecular weight excluding hydrogens is 210 g/mol. The third kappa shape index (κ3) is 3.09. The predicted octanol–water partition coefficient (Wildman–Crippen LogP) is 2.87. The van der Waals surface area contributed by atoms with E-state index in [1.54, 1.807) is 0 Å². The van der Waals surface area contributed by atoms with Crippen LogP contribution in [0.5, 0.6) is 0 Å². The first kappa shape index (κ1) is 11.7. The third-order valence-electron chi connectivity index (χ3n) is 4.81. The Morgan fingerprint density at radius 2 is 1.53 bits per heavy atom. The van der Waals surface area contributed by atoms with E-state index in [0.717, 1.165) is 31.2 Å². The molecule has 3 aliphatic carbocycles. The van der Waals surface area contributed by atoms with Crippen LogP contribution in [0.4, 0.5) is 0 Å². The van der Waals surface area contributed by atoms with E-state index in [1.807, 2.05) is 0 Å². The maximum absolute atomic E-state index is 11.4. The minimum Gasteiger partial charge on any atom is -0.303 e. The summed E-state index contributed by atoms with van der Waals surface area (Å²) in [4.78, 5) is 14.1. The van der Waals surface area contributed by atoms with Crippen molar-refractivity contribution in [1.82, 2.24) is 4.90 Å². The smallest absolute Gasteiger partial charge is 0.127 e. The van der Waals surface area contributed by atoms with Crippen molar-refractivity contribution in [1.29, 1.82) is 0 Å².